The zero-order valence-corrected chi connectivity index (χ0v) is 11.8. The topological polar surface area (TPSA) is 42.7 Å². The van der Waals surface area contributed by atoms with Crippen molar-refractivity contribution in [1.82, 2.24) is 4.90 Å². The van der Waals surface area contributed by atoms with Gasteiger partial charge in [0, 0.05) is 25.7 Å². The maximum atomic E-state index is 12.4. The third-order valence-electron chi connectivity index (χ3n) is 3.44. The van der Waals surface area contributed by atoms with Crippen LogP contribution in [0.25, 0.3) is 0 Å². The van der Waals surface area contributed by atoms with E-state index in [0.29, 0.717) is 18.9 Å². The van der Waals surface area contributed by atoms with Crippen molar-refractivity contribution in [3.63, 3.8) is 0 Å². The molecule has 0 unspecified atom stereocenters. The Morgan fingerprint density at radius 1 is 1.42 bits per heavy atom. The molecule has 1 aliphatic heterocycles. The average Bonchev–Trinajstić information content (AvgIpc) is 2.89. The van der Waals surface area contributed by atoms with E-state index in [1.807, 2.05) is 17.0 Å². The van der Waals surface area contributed by atoms with E-state index in [4.69, 9.17) is 9.15 Å². The molecule has 1 fully saturated rings. The lowest BCUT2D eigenvalue weighted by atomic mass is 10.0. The van der Waals surface area contributed by atoms with Gasteiger partial charge in [0.15, 0.2) is 0 Å². The summed E-state index contributed by atoms with van der Waals surface area (Å²) in [6, 6.07) is 4.07. The first-order valence-electron chi connectivity index (χ1n) is 7.06. The lowest BCUT2D eigenvalue weighted by Crippen LogP contribution is -2.43. The first-order valence-corrected chi connectivity index (χ1v) is 7.06. The quantitative estimate of drug-likeness (QED) is 0.822. The van der Waals surface area contributed by atoms with E-state index in [-0.39, 0.29) is 11.9 Å². The van der Waals surface area contributed by atoms with E-state index in [1.165, 1.54) is 0 Å². The van der Waals surface area contributed by atoms with Crippen molar-refractivity contribution in [2.24, 2.45) is 5.92 Å². The molecule has 0 bridgehead atoms. The number of hydrogen-bond donors (Lipinski definition) is 0. The van der Waals surface area contributed by atoms with Crippen LogP contribution >= 0.6 is 0 Å². The predicted molar refractivity (Wildman–Crippen MR) is 72.6 cm³/mol. The number of carbonyl (C=O) groups is 1. The van der Waals surface area contributed by atoms with Gasteiger partial charge < -0.3 is 14.1 Å². The minimum Gasteiger partial charge on any atom is -0.467 e. The van der Waals surface area contributed by atoms with Gasteiger partial charge >= 0.3 is 0 Å². The SMILES string of the molecule is CC(C)CC(=O)N(Cc1ccco1)C1CCOCC1. The van der Waals surface area contributed by atoms with Crippen LogP contribution in [0.5, 0.6) is 0 Å². The molecule has 1 saturated heterocycles. The van der Waals surface area contributed by atoms with Crippen LogP contribution in [-0.4, -0.2) is 30.1 Å². The van der Waals surface area contributed by atoms with Gasteiger partial charge in [0.2, 0.25) is 5.91 Å². The highest BCUT2D eigenvalue weighted by molar-refractivity contribution is 5.76. The van der Waals surface area contributed by atoms with Crippen LogP contribution in [0.15, 0.2) is 22.8 Å². The van der Waals surface area contributed by atoms with Crippen LogP contribution in [0, 0.1) is 5.92 Å². The zero-order valence-electron chi connectivity index (χ0n) is 11.8. The lowest BCUT2D eigenvalue weighted by molar-refractivity contribution is -0.137. The number of rotatable bonds is 5. The minimum atomic E-state index is 0.221. The molecule has 1 aliphatic rings. The molecule has 0 saturated carbocycles. The average molecular weight is 265 g/mol. The van der Waals surface area contributed by atoms with Crippen molar-refractivity contribution in [1.29, 1.82) is 0 Å². The van der Waals surface area contributed by atoms with Crippen LogP contribution in [0.3, 0.4) is 0 Å². The van der Waals surface area contributed by atoms with Gasteiger partial charge in [-0.2, -0.15) is 0 Å². The van der Waals surface area contributed by atoms with Crippen LogP contribution in [-0.2, 0) is 16.1 Å². The monoisotopic (exact) mass is 265 g/mol. The molecule has 0 spiro atoms. The Kier molecular flexibility index (Phi) is 5.02. The molecular weight excluding hydrogens is 242 g/mol. The van der Waals surface area contributed by atoms with Gasteiger partial charge in [-0.15, -0.1) is 0 Å². The van der Waals surface area contributed by atoms with Crippen molar-refractivity contribution in [3.8, 4) is 0 Å². The van der Waals surface area contributed by atoms with Crippen molar-refractivity contribution < 1.29 is 13.9 Å². The Morgan fingerprint density at radius 2 is 2.16 bits per heavy atom. The normalized spacial score (nSPS) is 16.8. The number of ether oxygens (including phenoxy) is 1. The van der Waals surface area contributed by atoms with Gasteiger partial charge in [-0.1, -0.05) is 13.8 Å². The van der Waals surface area contributed by atoms with E-state index in [9.17, 15) is 4.79 Å². The fourth-order valence-corrected chi connectivity index (χ4v) is 2.45. The van der Waals surface area contributed by atoms with Gasteiger partial charge in [0.25, 0.3) is 0 Å². The summed E-state index contributed by atoms with van der Waals surface area (Å²) in [5.74, 6) is 1.45. The summed E-state index contributed by atoms with van der Waals surface area (Å²) in [7, 11) is 0. The molecule has 1 aromatic rings. The lowest BCUT2D eigenvalue weighted by Gasteiger charge is -2.34. The fraction of sp³-hybridized carbons (Fsp3) is 0.667. The van der Waals surface area contributed by atoms with Gasteiger partial charge in [0.1, 0.15) is 5.76 Å². The predicted octanol–water partition coefficient (Wildman–Crippen LogP) is 2.83. The van der Waals surface area contributed by atoms with Gasteiger partial charge in [-0.05, 0) is 30.9 Å². The molecule has 19 heavy (non-hydrogen) atoms. The van der Waals surface area contributed by atoms with Gasteiger partial charge in [-0.25, -0.2) is 0 Å². The van der Waals surface area contributed by atoms with Crippen molar-refractivity contribution >= 4 is 5.91 Å². The summed E-state index contributed by atoms with van der Waals surface area (Å²) >= 11 is 0. The Hall–Kier alpha value is -1.29. The second kappa shape index (κ2) is 6.75. The van der Waals surface area contributed by atoms with E-state index in [1.54, 1.807) is 6.26 Å². The molecule has 2 rings (SSSR count). The summed E-state index contributed by atoms with van der Waals surface area (Å²) in [6.07, 6.45) is 4.09. The molecule has 0 N–H and O–H groups in total. The third-order valence-corrected chi connectivity index (χ3v) is 3.44. The van der Waals surface area contributed by atoms with E-state index in [2.05, 4.69) is 13.8 Å². The number of nitrogens with zero attached hydrogens (tertiary/aromatic N) is 1. The summed E-state index contributed by atoms with van der Waals surface area (Å²) < 4.78 is 10.8. The molecule has 1 aromatic heterocycles. The Balaban J connectivity index is 2.05. The number of carbonyl (C=O) groups excluding carboxylic acids is 1. The first kappa shape index (κ1) is 14.1. The maximum absolute atomic E-state index is 12.4. The summed E-state index contributed by atoms with van der Waals surface area (Å²) in [5, 5.41) is 0. The highest BCUT2D eigenvalue weighted by Gasteiger charge is 2.26. The molecule has 0 aliphatic carbocycles. The Labute approximate surface area is 114 Å². The summed E-state index contributed by atoms with van der Waals surface area (Å²) in [4.78, 5) is 14.4. The number of hydrogen-bond acceptors (Lipinski definition) is 3. The maximum Gasteiger partial charge on any atom is 0.223 e. The summed E-state index contributed by atoms with van der Waals surface area (Å²) in [6.45, 7) is 6.21. The van der Waals surface area contributed by atoms with E-state index in [0.717, 1.165) is 31.8 Å². The smallest absolute Gasteiger partial charge is 0.223 e. The molecule has 106 valence electrons. The zero-order chi connectivity index (χ0) is 13.7. The standard InChI is InChI=1S/C15H23NO3/c1-12(2)10-15(17)16(11-14-4-3-7-19-14)13-5-8-18-9-6-13/h3-4,7,12-13H,5-6,8-11H2,1-2H3. The van der Waals surface area contributed by atoms with Crippen LogP contribution in [0.1, 0.15) is 38.9 Å². The van der Waals surface area contributed by atoms with Crippen LogP contribution < -0.4 is 0 Å². The molecule has 4 nitrogen and oxygen atoms in total. The molecule has 1 amide bonds. The Morgan fingerprint density at radius 3 is 2.74 bits per heavy atom. The number of amides is 1. The largest absolute Gasteiger partial charge is 0.467 e. The number of furan rings is 1. The van der Waals surface area contributed by atoms with Gasteiger partial charge in [0.05, 0.1) is 12.8 Å². The molecular formula is C15H23NO3. The van der Waals surface area contributed by atoms with Gasteiger partial charge in [-0.3, -0.25) is 4.79 Å². The van der Waals surface area contributed by atoms with Crippen molar-refractivity contribution in [2.45, 2.75) is 45.7 Å². The highest BCUT2D eigenvalue weighted by Crippen LogP contribution is 2.20. The second-order valence-electron chi connectivity index (χ2n) is 5.54. The van der Waals surface area contributed by atoms with Crippen LogP contribution in [0.4, 0.5) is 0 Å². The molecule has 0 atom stereocenters. The van der Waals surface area contributed by atoms with E-state index >= 15 is 0 Å². The fourth-order valence-electron chi connectivity index (χ4n) is 2.45. The Bertz CT molecular complexity index is 380. The first-order chi connectivity index (χ1) is 9.16. The summed E-state index contributed by atoms with van der Waals surface area (Å²) in [5.41, 5.74) is 0. The molecule has 2 heterocycles. The molecule has 4 heteroatoms. The molecule has 0 radical (unpaired) electrons. The third kappa shape index (κ3) is 4.10. The second-order valence-corrected chi connectivity index (χ2v) is 5.54. The van der Waals surface area contributed by atoms with Crippen LogP contribution in [0.2, 0.25) is 0 Å². The van der Waals surface area contributed by atoms with E-state index < -0.39 is 0 Å². The van der Waals surface area contributed by atoms with Crippen molar-refractivity contribution in [3.05, 3.63) is 24.2 Å². The van der Waals surface area contributed by atoms with Crippen molar-refractivity contribution in [2.75, 3.05) is 13.2 Å². The molecule has 0 aromatic carbocycles. The highest BCUT2D eigenvalue weighted by atomic mass is 16.5. The minimum absolute atomic E-state index is 0.221.